The molecule has 0 spiro atoms. The quantitative estimate of drug-likeness (QED) is 0.350. The summed E-state index contributed by atoms with van der Waals surface area (Å²) in [5.74, 6) is 1.09. The van der Waals surface area contributed by atoms with E-state index in [1.165, 1.54) is 24.7 Å². The van der Waals surface area contributed by atoms with Crippen molar-refractivity contribution in [2.75, 3.05) is 0 Å². The number of benzene rings is 1. The van der Waals surface area contributed by atoms with Crippen LogP contribution in [0.25, 0.3) is 23.5 Å². The van der Waals surface area contributed by atoms with Crippen molar-refractivity contribution in [1.29, 1.82) is 0 Å². The third-order valence-electron chi connectivity index (χ3n) is 8.84. The second-order valence-electron chi connectivity index (χ2n) is 12.2. The molecule has 5 aliphatic rings. The molecule has 218 valence electrons. The standard InChI is InChI=1S/C36H28N8O/c1-21-14-33(44-35(39-21)37-20-38-44)31-19-36(34(45)24-6-4-23(5-7-24)22-2-3-22)18-30-13-12-28(42-30)16-26-9-8-25(40-26)15-27-10-11-29(41-27)17-32(31)43-36/h4-18,20,22,40,43H,2-3,19H2,1H3. The number of aromatic amines is 1. The molecule has 1 fully saturated rings. The maximum atomic E-state index is 14.8. The first-order chi connectivity index (χ1) is 22.0. The van der Waals surface area contributed by atoms with Gasteiger partial charge < -0.3 is 10.3 Å². The Morgan fingerprint density at radius 3 is 2.40 bits per heavy atom. The highest BCUT2D eigenvalue weighted by Gasteiger charge is 2.45. The molecule has 3 aromatic heterocycles. The lowest BCUT2D eigenvalue weighted by atomic mass is 9.84. The minimum atomic E-state index is -1.12. The van der Waals surface area contributed by atoms with Crippen LogP contribution in [0.1, 0.15) is 52.5 Å². The maximum Gasteiger partial charge on any atom is 0.252 e. The molecule has 1 atom stereocenters. The van der Waals surface area contributed by atoms with Gasteiger partial charge in [0.05, 0.1) is 28.5 Å². The van der Waals surface area contributed by atoms with E-state index in [1.807, 2.05) is 85.9 Å². The number of allylic oxidation sites excluding steroid dienone is 5. The molecule has 4 aromatic rings. The van der Waals surface area contributed by atoms with E-state index in [0.29, 0.717) is 29.4 Å². The van der Waals surface area contributed by atoms with Gasteiger partial charge in [-0.05, 0) is 98.1 Å². The molecule has 1 saturated carbocycles. The van der Waals surface area contributed by atoms with Crippen LogP contribution in [0.4, 0.5) is 0 Å². The summed E-state index contributed by atoms with van der Waals surface area (Å²) in [7, 11) is 0. The van der Waals surface area contributed by atoms with Crippen molar-refractivity contribution in [2.45, 2.75) is 37.6 Å². The van der Waals surface area contributed by atoms with Crippen molar-refractivity contribution < 1.29 is 4.79 Å². The molecule has 45 heavy (non-hydrogen) atoms. The summed E-state index contributed by atoms with van der Waals surface area (Å²) in [6.45, 7) is 1.94. The average Bonchev–Trinajstić information content (AvgIpc) is 3.50. The van der Waals surface area contributed by atoms with Crippen LogP contribution in [-0.2, 0) is 0 Å². The number of ketones is 1. The van der Waals surface area contributed by atoms with Crippen LogP contribution in [0, 0.1) is 6.92 Å². The smallest absolute Gasteiger partial charge is 0.252 e. The lowest BCUT2D eigenvalue weighted by Crippen LogP contribution is -2.46. The third kappa shape index (κ3) is 4.55. The normalized spacial score (nSPS) is 21.6. The first-order valence-corrected chi connectivity index (χ1v) is 15.2. The largest absolute Gasteiger partial charge is 0.369 e. The van der Waals surface area contributed by atoms with E-state index in [1.54, 1.807) is 4.52 Å². The third-order valence-corrected chi connectivity index (χ3v) is 8.84. The first kappa shape index (κ1) is 25.8. The molecule has 1 aromatic carbocycles. The second kappa shape index (κ2) is 9.65. The monoisotopic (exact) mass is 588 g/mol. The molecule has 1 aliphatic carbocycles. The number of nitrogens with one attached hydrogen (secondary N) is 2. The van der Waals surface area contributed by atoms with Crippen LogP contribution in [0.3, 0.4) is 0 Å². The summed E-state index contributed by atoms with van der Waals surface area (Å²) in [6.07, 6.45) is 20.2. The number of Topliss-reactive ketones (excluding diaryl/α,β-unsaturated/α-hetero) is 1. The number of rotatable bonds is 4. The average molecular weight is 589 g/mol. The number of carbonyl (C=O) groups excluding carboxylic acids is 1. The Labute approximate surface area is 258 Å². The van der Waals surface area contributed by atoms with Crippen LogP contribution in [-0.4, -0.2) is 47.3 Å². The highest BCUT2D eigenvalue weighted by atomic mass is 16.1. The van der Waals surface area contributed by atoms with Crippen LogP contribution in [0.15, 0.2) is 112 Å². The van der Waals surface area contributed by atoms with Crippen molar-refractivity contribution in [2.24, 2.45) is 9.98 Å². The van der Waals surface area contributed by atoms with Crippen LogP contribution < -0.4 is 16.0 Å². The van der Waals surface area contributed by atoms with Gasteiger partial charge >= 0.3 is 0 Å². The van der Waals surface area contributed by atoms with Gasteiger partial charge in [-0.25, -0.2) is 15.0 Å². The topological polar surface area (TPSA) is 113 Å². The number of carbonyl (C=O) groups is 1. The Balaban J connectivity index is 1.26. The molecule has 2 N–H and O–H groups in total. The number of nitrogens with zero attached hydrogens (tertiary/aromatic N) is 6. The first-order valence-electron chi connectivity index (χ1n) is 15.2. The van der Waals surface area contributed by atoms with Gasteiger partial charge in [-0.2, -0.15) is 14.6 Å². The highest BCUT2D eigenvalue weighted by Crippen LogP contribution is 2.42. The van der Waals surface area contributed by atoms with E-state index in [4.69, 9.17) is 9.98 Å². The number of hydrogen-bond acceptors (Lipinski definition) is 7. The summed E-state index contributed by atoms with van der Waals surface area (Å²) < 4.78 is 1.74. The van der Waals surface area contributed by atoms with Crippen molar-refractivity contribution in [1.82, 2.24) is 29.9 Å². The predicted molar refractivity (Wildman–Crippen MR) is 174 cm³/mol. The highest BCUT2D eigenvalue weighted by molar-refractivity contribution is 6.20. The molecular weight excluding hydrogens is 560 g/mol. The molecule has 9 rings (SSSR count). The van der Waals surface area contributed by atoms with Crippen molar-refractivity contribution in [3.63, 3.8) is 0 Å². The zero-order chi connectivity index (χ0) is 30.1. The van der Waals surface area contributed by atoms with E-state index in [0.717, 1.165) is 50.5 Å². The van der Waals surface area contributed by atoms with E-state index < -0.39 is 5.54 Å². The van der Waals surface area contributed by atoms with Gasteiger partial charge in [0.1, 0.15) is 11.9 Å². The lowest BCUT2D eigenvalue weighted by molar-refractivity contribution is 0.0909. The zero-order valence-electron chi connectivity index (χ0n) is 24.5. The summed E-state index contributed by atoms with van der Waals surface area (Å²) in [6, 6.07) is 14.2. The molecule has 9 heteroatoms. The van der Waals surface area contributed by atoms with Crippen LogP contribution in [0.5, 0.6) is 0 Å². The number of H-pyrrole nitrogens is 1. The molecule has 0 radical (unpaired) electrons. The molecule has 7 heterocycles. The van der Waals surface area contributed by atoms with Gasteiger partial charge in [0.2, 0.25) is 0 Å². The van der Waals surface area contributed by atoms with Crippen LogP contribution in [0.2, 0.25) is 0 Å². The van der Waals surface area contributed by atoms with Gasteiger partial charge in [0.25, 0.3) is 5.78 Å². The van der Waals surface area contributed by atoms with Gasteiger partial charge in [-0.1, -0.05) is 24.3 Å². The number of hydrogen-bond donors (Lipinski definition) is 2. The van der Waals surface area contributed by atoms with Crippen molar-refractivity contribution in [3.8, 4) is 0 Å². The van der Waals surface area contributed by atoms with E-state index >= 15 is 0 Å². The van der Waals surface area contributed by atoms with E-state index in [-0.39, 0.29) is 5.78 Å². The summed E-state index contributed by atoms with van der Waals surface area (Å²) >= 11 is 0. The Morgan fingerprint density at radius 2 is 1.64 bits per heavy atom. The Kier molecular flexibility index (Phi) is 5.53. The number of aryl methyl sites for hydroxylation is 1. The van der Waals surface area contributed by atoms with Crippen molar-refractivity contribution >= 4 is 40.7 Å². The van der Waals surface area contributed by atoms with E-state index in [9.17, 15) is 4.79 Å². The maximum absolute atomic E-state index is 14.8. The molecule has 0 saturated heterocycles. The summed E-state index contributed by atoms with van der Waals surface area (Å²) in [4.78, 5) is 36.9. The number of aliphatic imine (C=N–C) groups is 2. The minimum Gasteiger partial charge on any atom is -0.369 e. The van der Waals surface area contributed by atoms with Gasteiger partial charge in [-0.15, -0.1) is 0 Å². The summed E-state index contributed by atoms with van der Waals surface area (Å²) in [5.41, 5.74) is 7.28. The van der Waals surface area contributed by atoms with Gasteiger partial charge in [0.15, 0.2) is 5.78 Å². The molecule has 0 amide bonds. The zero-order valence-corrected chi connectivity index (χ0v) is 24.5. The summed E-state index contributed by atoms with van der Waals surface area (Å²) in [5, 5.41) is 10.1. The van der Waals surface area contributed by atoms with Gasteiger partial charge in [-0.3, -0.25) is 4.79 Å². The fourth-order valence-electron chi connectivity index (χ4n) is 6.53. The SMILES string of the molecule is Cc1cc(C2=C3C=C4C=CC(=N4)C=c4ccc([nH]4)=CC4=NC(=CC(C(=O)c5ccc(C6CC6)cc5)(C2)N3)C=C4)n2ncnc2n1. The van der Waals surface area contributed by atoms with Crippen molar-refractivity contribution in [3.05, 3.63) is 136 Å². The minimum absolute atomic E-state index is 0.0282. The Hall–Kier alpha value is -5.70. The Morgan fingerprint density at radius 1 is 0.911 bits per heavy atom. The number of fused-ring (bicyclic) bond motifs is 7. The fourth-order valence-corrected chi connectivity index (χ4v) is 6.53. The molecule has 9 nitrogen and oxygen atoms in total. The molecule has 1 unspecified atom stereocenters. The molecular formula is C36H28N8O. The Bertz CT molecular complexity index is 2300. The molecule has 8 bridgehead atoms. The van der Waals surface area contributed by atoms with Crippen LogP contribution >= 0.6 is 0 Å². The number of aromatic nitrogens is 5. The second-order valence-corrected chi connectivity index (χ2v) is 12.2. The fraction of sp³-hybridized carbons (Fsp3) is 0.167. The lowest BCUT2D eigenvalue weighted by Gasteiger charge is -2.27. The van der Waals surface area contributed by atoms with Gasteiger partial charge in [0, 0.05) is 39.6 Å². The predicted octanol–water partition coefficient (Wildman–Crippen LogP) is 4.03. The van der Waals surface area contributed by atoms with E-state index in [2.05, 4.69) is 37.5 Å². The molecule has 4 aliphatic heterocycles.